The second-order valence-corrected chi connectivity index (χ2v) is 4.79. The standard InChI is InChI=1S/C17H14FN3O/c18-15-7-5-13(6-8-15)17(22)20-11-14-3-1-2-4-16(14)21-10-9-19-12-21/h1-10,12H,11H2,(H,20,22). The zero-order valence-corrected chi connectivity index (χ0v) is 11.7. The minimum atomic E-state index is -0.359. The van der Waals surface area contributed by atoms with Gasteiger partial charge in [0.05, 0.1) is 12.0 Å². The fourth-order valence-electron chi connectivity index (χ4n) is 2.19. The Bertz CT molecular complexity index is 767. The summed E-state index contributed by atoms with van der Waals surface area (Å²) in [7, 11) is 0. The molecular formula is C17H14FN3O. The Morgan fingerprint density at radius 3 is 2.64 bits per heavy atom. The molecule has 4 nitrogen and oxygen atoms in total. The molecule has 1 heterocycles. The van der Waals surface area contributed by atoms with Crippen LogP contribution in [0, 0.1) is 5.82 Å². The fourth-order valence-corrected chi connectivity index (χ4v) is 2.19. The first-order valence-corrected chi connectivity index (χ1v) is 6.84. The number of benzene rings is 2. The van der Waals surface area contributed by atoms with Crippen molar-refractivity contribution in [2.45, 2.75) is 6.54 Å². The number of imidazole rings is 1. The predicted octanol–water partition coefficient (Wildman–Crippen LogP) is 2.94. The molecule has 0 bridgehead atoms. The van der Waals surface area contributed by atoms with E-state index in [0.717, 1.165) is 11.3 Å². The molecular weight excluding hydrogens is 281 g/mol. The highest BCUT2D eigenvalue weighted by atomic mass is 19.1. The molecule has 22 heavy (non-hydrogen) atoms. The maximum atomic E-state index is 12.9. The van der Waals surface area contributed by atoms with Crippen molar-refractivity contribution >= 4 is 5.91 Å². The van der Waals surface area contributed by atoms with Gasteiger partial charge in [0.15, 0.2) is 0 Å². The van der Waals surface area contributed by atoms with Crippen LogP contribution < -0.4 is 5.32 Å². The minimum absolute atomic E-state index is 0.236. The average molecular weight is 295 g/mol. The molecule has 110 valence electrons. The van der Waals surface area contributed by atoms with Gasteiger partial charge < -0.3 is 9.88 Å². The van der Waals surface area contributed by atoms with E-state index in [1.165, 1.54) is 24.3 Å². The number of halogens is 1. The SMILES string of the molecule is O=C(NCc1ccccc1-n1ccnc1)c1ccc(F)cc1. The first-order valence-electron chi connectivity index (χ1n) is 6.84. The van der Waals surface area contributed by atoms with E-state index >= 15 is 0 Å². The predicted molar refractivity (Wildman–Crippen MR) is 81.1 cm³/mol. The number of rotatable bonds is 4. The second kappa shape index (κ2) is 6.22. The van der Waals surface area contributed by atoms with Crippen LogP contribution in [-0.4, -0.2) is 15.5 Å². The number of carbonyl (C=O) groups is 1. The minimum Gasteiger partial charge on any atom is -0.348 e. The van der Waals surface area contributed by atoms with Crippen molar-refractivity contribution in [2.24, 2.45) is 0 Å². The van der Waals surface area contributed by atoms with Gasteiger partial charge in [0.25, 0.3) is 5.91 Å². The summed E-state index contributed by atoms with van der Waals surface area (Å²) in [5.41, 5.74) is 2.36. The lowest BCUT2D eigenvalue weighted by molar-refractivity contribution is 0.0951. The van der Waals surface area contributed by atoms with E-state index in [9.17, 15) is 9.18 Å². The third kappa shape index (κ3) is 3.03. The number of para-hydroxylation sites is 1. The zero-order chi connectivity index (χ0) is 15.4. The maximum absolute atomic E-state index is 12.9. The van der Waals surface area contributed by atoms with E-state index < -0.39 is 0 Å². The van der Waals surface area contributed by atoms with Gasteiger partial charge in [0.1, 0.15) is 5.82 Å². The molecule has 0 saturated heterocycles. The number of carbonyl (C=O) groups excluding carboxylic acids is 1. The van der Waals surface area contributed by atoms with Crippen LogP contribution in [0.3, 0.4) is 0 Å². The summed E-state index contributed by atoms with van der Waals surface area (Å²) in [6.45, 7) is 0.380. The van der Waals surface area contributed by atoms with Gasteiger partial charge in [0.2, 0.25) is 0 Å². The lowest BCUT2D eigenvalue weighted by Crippen LogP contribution is -2.23. The molecule has 0 radical (unpaired) electrons. The zero-order valence-electron chi connectivity index (χ0n) is 11.7. The Balaban J connectivity index is 1.74. The highest BCUT2D eigenvalue weighted by Crippen LogP contribution is 2.14. The van der Waals surface area contributed by atoms with Crippen molar-refractivity contribution in [1.82, 2.24) is 14.9 Å². The third-order valence-corrected chi connectivity index (χ3v) is 3.32. The van der Waals surface area contributed by atoms with Crippen molar-refractivity contribution < 1.29 is 9.18 Å². The van der Waals surface area contributed by atoms with Gasteiger partial charge in [-0.2, -0.15) is 0 Å². The molecule has 1 aromatic heterocycles. The molecule has 3 rings (SSSR count). The Hall–Kier alpha value is -2.95. The number of nitrogens with one attached hydrogen (secondary N) is 1. The highest BCUT2D eigenvalue weighted by molar-refractivity contribution is 5.94. The summed E-state index contributed by atoms with van der Waals surface area (Å²) >= 11 is 0. The molecule has 0 aliphatic heterocycles. The summed E-state index contributed by atoms with van der Waals surface area (Å²) in [5, 5.41) is 2.84. The van der Waals surface area contributed by atoms with Crippen LogP contribution >= 0.6 is 0 Å². The Labute approximate surface area is 127 Å². The van der Waals surface area contributed by atoms with Crippen LogP contribution in [0.4, 0.5) is 4.39 Å². The van der Waals surface area contributed by atoms with Crippen LogP contribution in [0.2, 0.25) is 0 Å². The topological polar surface area (TPSA) is 46.9 Å². The molecule has 5 heteroatoms. The van der Waals surface area contributed by atoms with E-state index in [1.54, 1.807) is 12.5 Å². The van der Waals surface area contributed by atoms with Gasteiger partial charge in [-0.3, -0.25) is 4.79 Å². The quantitative estimate of drug-likeness (QED) is 0.804. The molecule has 0 spiro atoms. The summed E-state index contributed by atoms with van der Waals surface area (Å²) in [6, 6.07) is 13.2. The lowest BCUT2D eigenvalue weighted by Gasteiger charge is -2.11. The van der Waals surface area contributed by atoms with Crippen LogP contribution in [0.15, 0.2) is 67.3 Å². The Kier molecular flexibility index (Phi) is 3.96. The van der Waals surface area contributed by atoms with E-state index in [0.29, 0.717) is 12.1 Å². The van der Waals surface area contributed by atoms with Crippen LogP contribution in [-0.2, 0) is 6.54 Å². The lowest BCUT2D eigenvalue weighted by atomic mass is 10.1. The molecule has 0 unspecified atom stereocenters. The number of aromatic nitrogens is 2. The Morgan fingerprint density at radius 2 is 1.91 bits per heavy atom. The van der Waals surface area contributed by atoms with Gasteiger partial charge in [-0.25, -0.2) is 9.37 Å². The van der Waals surface area contributed by atoms with Crippen LogP contribution in [0.5, 0.6) is 0 Å². The molecule has 1 N–H and O–H groups in total. The van der Waals surface area contributed by atoms with Gasteiger partial charge >= 0.3 is 0 Å². The van der Waals surface area contributed by atoms with Crippen molar-refractivity contribution in [3.63, 3.8) is 0 Å². The van der Waals surface area contributed by atoms with Crippen molar-refractivity contribution in [3.05, 3.63) is 84.2 Å². The fraction of sp³-hybridized carbons (Fsp3) is 0.0588. The second-order valence-electron chi connectivity index (χ2n) is 4.79. The Morgan fingerprint density at radius 1 is 1.14 bits per heavy atom. The van der Waals surface area contributed by atoms with E-state index in [1.807, 2.05) is 35.0 Å². The average Bonchev–Trinajstić information content (AvgIpc) is 3.08. The molecule has 2 aromatic carbocycles. The van der Waals surface area contributed by atoms with Gasteiger partial charge in [-0.05, 0) is 35.9 Å². The molecule has 0 aliphatic rings. The van der Waals surface area contributed by atoms with E-state index in [-0.39, 0.29) is 11.7 Å². The van der Waals surface area contributed by atoms with Crippen LogP contribution in [0.1, 0.15) is 15.9 Å². The van der Waals surface area contributed by atoms with Crippen molar-refractivity contribution in [3.8, 4) is 5.69 Å². The third-order valence-electron chi connectivity index (χ3n) is 3.32. The van der Waals surface area contributed by atoms with Crippen LogP contribution in [0.25, 0.3) is 5.69 Å². The number of amides is 1. The molecule has 0 saturated carbocycles. The van der Waals surface area contributed by atoms with Gasteiger partial charge in [-0.1, -0.05) is 18.2 Å². The summed E-state index contributed by atoms with van der Waals surface area (Å²) in [6.07, 6.45) is 5.26. The number of hydrogen-bond acceptors (Lipinski definition) is 2. The number of nitrogens with zero attached hydrogens (tertiary/aromatic N) is 2. The van der Waals surface area contributed by atoms with Gasteiger partial charge in [0, 0.05) is 24.5 Å². The number of hydrogen-bond donors (Lipinski definition) is 1. The van der Waals surface area contributed by atoms with E-state index in [4.69, 9.17) is 0 Å². The largest absolute Gasteiger partial charge is 0.348 e. The van der Waals surface area contributed by atoms with Gasteiger partial charge in [-0.15, -0.1) is 0 Å². The van der Waals surface area contributed by atoms with Crippen molar-refractivity contribution in [1.29, 1.82) is 0 Å². The molecule has 1 amide bonds. The van der Waals surface area contributed by atoms with Crippen molar-refractivity contribution in [2.75, 3.05) is 0 Å². The first kappa shape index (κ1) is 14.0. The molecule has 0 atom stereocenters. The summed E-state index contributed by atoms with van der Waals surface area (Å²) < 4.78 is 14.8. The smallest absolute Gasteiger partial charge is 0.251 e. The summed E-state index contributed by atoms with van der Waals surface area (Å²) in [5.74, 6) is -0.595. The molecule has 0 fully saturated rings. The molecule has 3 aromatic rings. The molecule has 0 aliphatic carbocycles. The normalized spacial score (nSPS) is 10.4. The summed E-state index contributed by atoms with van der Waals surface area (Å²) in [4.78, 5) is 16.1. The highest BCUT2D eigenvalue weighted by Gasteiger charge is 2.08. The monoisotopic (exact) mass is 295 g/mol. The van der Waals surface area contributed by atoms with E-state index in [2.05, 4.69) is 10.3 Å². The maximum Gasteiger partial charge on any atom is 0.251 e. The first-order chi connectivity index (χ1) is 10.7.